The van der Waals surface area contributed by atoms with Gasteiger partial charge >= 0.3 is 0 Å². The van der Waals surface area contributed by atoms with Crippen LogP contribution in [0.15, 0.2) is 28.7 Å². The molecule has 0 unspecified atom stereocenters. The first-order valence-electron chi connectivity index (χ1n) is 8.07. The molecule has 1 aromatic carbocycles. The van der Waals surface area contributed by atoms with Crippen LogP contribution in [0.5, 0.6) is 0 Å². The molecule has 2 fully saturated rings. The number of benzene rings is 1. The Morgan fingerprint density at radius 2 is 2.08 bits per heavy atom. The Labute approximate surface area is 138 Å². The minimum absolute atomic E-state index is 0.0290. The number of aromatic nitrogens is 2. The minimum Gasteiger partial charge on any atom is -0.423 e. The lowest BCUT2D eigenvalue weighted by Crippen LogP contribution is -2.43. The molecular formula is C17H18FN3O3. The van der Waals surface area contributed by atoms with Gasteiger partial charge in [-0.2, -0.15) is 0 Å². The van der Waals surface area contributed by atoms with Crippen molar-refractivity contribution in [1.29, 1.82) is 0 Å². The molecule has 126 valence electrons. The molecule has 1 aliphatic heterocycles. The summed E-state index contributed by atoms with van der Waals surface area (Å²) >= 11 is 0. The lowest BCUT2D eigenvalue weighted by molar-refractivity contribution is -0.141. The highest BCUT2D eigenvalue weighted by molar-refractivity contribution is 5.83. The van der Waals surface area contributed by atoms with Crippen LogP contribution in [0.25, 0.3) is 0 Å². The second-order valence-corrected chi connectivity index (χ2v) is 6.30. The van der Waals surface area contributed by atoms with Gasteiger partial charge in [0.15, 0.2) is 6.10 Å². The molecule has 6 nitrogen and oxygen atoms in total. The number of aryl methyl sites for hydroxylation is 1. The Kier molecular flexibility index (Phi) is 3.80. The van der Waals surface area contributed by atoms with E-state index in [1.165, 1.54) is 12.1 Å². The number of nitrogens with zero attached hydrogens (tertiary/aromatic N) is 3. The fourth-order valence-electron chi connectivity index (χ4n) is 3.22. The van der Waals surface area contributed by atoms with E-state index in [0.717, 1.165) is 12.0 Å². The third-order valence-corrected chi connectivity index (χ3v) is 4.60. The van der Waals surface area contributed by atoms with Crippen LogP contribution in [0.1, 0.15) is 35.8 Å². The second kappa shape index (κ2) is 5.98. The van der Waals surface area contributed by atoms with Crippen LogP contribution in [0.2, 0.25) is 0 Å². The van der Waals surface area contributed by atoms with E-state index in [4.69, 9.17) is 9.15 Å². The molecule has 2 aromatic rings. The molecule has 2 aliphatic rings. The highest BCUT2D eigenvalue weighted by Crippen LogP contribution is 2.48. The van der Waals surface area contributed by atoms with Gasteiger partial charge in [-0.05, 0) is 30.0 Å². The molecule has 0 spiro atoms. The Bertz CT molecular complexity index is 746. The third kappa shape index (κ3) is 2.91. The predicted molar refractivity (Wildman–Crippen MR) is 81.6 cm³/mol. The number of hydrogen-bond donors (Lipinski definition) is 0. The average Bonchev–Trinajstić information content (AvgIpc) is 3.28. The molecule has 7 heteroatoms. The predicted octanol–water partition coefficient (Wildman–Crippen LogP) is 2.22. The summed E-state index contributed by atoms with van der Waals surface area (Å²) < 4.78 is 24.1. The van der Waals surface area contributed by atoms with Crippen molar-refractivity contribution in [2.75, 3.05) is 19.7 Å². The van der Waals surface area contributed by atoms with E-state index in [2.05, 4.69) is 10.2 Å². The molecule has 0 radical (unpaired) electrons. The molecule has 2 heterocycles. The normalized spacial score (nSPS) is 26.4. The molecule has 0 bridgehead atoms. The first kappa shape index (κ1) is 15.3. The zero-order valence-electron chi connectivity index (χ0n) is 13.3. The molecule has 1 saturated carbocycles. The van der Waals surface area contributed by atoms with Crippen LogP contribution in [-0.2, 0) is 9.53 Å². The zero-order chi connectivity index (χ0) is 16.7. The van der Waals surface area contributed by atoms with Crippen molar-refractivity contribution in [2.24, 2.45) is 5.92 Å². The first-order chi connectivity index (χ1) is 11.6. The van der Waals surface area contributed by atoms with Crippen LogP contribution in [0, 0.1) is 18.7 Å². The summed E-state index contributed by atoms with van der Waals surface area (Å²) in [5, 5.41) is 7.79. The van der Waals surface area contributed by atoms with Gasteiger partial charge in [0, 0.05) is 19.4 Å². The van der Waals surface area contributed by atoms with Gasteiger partial charge in [-0.25, -0.2) is 4.39 Å². The van der Waals surface area contributed by atoms with Crippen LogP contribution >= 0.6 is 0 Å². The van der Waals surface area contributed by atoms with Crippen LogP contribution in [0.4, 0.5) is 4.39 Å². The lowest BCUT2D eigenvalue weighted by Gasteiger charge is -2.31. The lowest BCUT2D eigenvalue weighted by atomic mass is 10.1. The summed E-state index contributed by atoms with van der Waals surface area (Å²) in [5.41, 5.74) is 1.02. The minimum atomic E-state index is -0.369. The maximum atomic E-state index is 13.0. The highest BCUT2D eigenvalue weighted by atomic mass is 19.1. The summed E-state index contributed by atoms with van der Waals surface area (Å²) in [4.78, 5) is 14.5. The van der Waals surface area contributed by atoms with E-state index in [1.54, 1.807) is 19.1 Å². The first-order valence-corrected chi connectivity index (χ1v) is 8.07. The van der Waals surface area contributed by atoms with Crippen LogP contribution < -0.4 is 0 Å². The van der Waals surface area contributed by atoms with Crippen molar-refractivity contribution in [3.05, 3.63) is 47.4 Å². The van der Waals surface area contributed by atoms with Crippen molar-refractivity contribution in [2.45, 2.75) is 25.4 Å². The van der Waals surface area contributed by atoms with E-state index < -0.39 is 0 Å². The molecule has 4 rings (SSSR count). The summed E-state index contributed by atoms with van der Waals surface area (Å²) in [7, 11) is 0. The fraction of sp³-hybridized carbons (Fsp3) is 0.471. The van der Waals surface area contributed by atoms with E-state index in [1.807, 2.05) is 4.90 Å². The Morgan fingerprint density at radius 1 is 1.29 bits per heavy atom. The number of hydrogen-bond acceptors (Lipinski definition) is 5. The van der Waals surface area contributed by atoms with Gasteiger partial charge < -0.3 is 14.1 Å². The molecular weight excluding hydrogens is 313 g/mol. The number of halogens is 1. The summed E-state index contributed by atoms with van der Waals surface area (Å²) in [5.74, 6) is 0.914. The molecule has 24 heavy (non-hydrogen) atoms. The van der Waals surface area contributed by atoms with E-state index in [0.29, 0.717) is 31.5 Å². The van der Waals surface area contributed by atoms with Gasteiger partial charge in [0.25, 0.3) is 0 Å². The maximum Gasteiger partial charge on any atom is 0.246 e. The van der Waals surface area contributed by atoms with Crippen molar-refractivity contribution in [3.8, 4) is 0 Å². The zero-order valence-corrected chi connectivity index (χ0v) is 13.3. The fourth-order valence-corrected chi connectivity index (χ4v) is 3.22. The Balaban J connectivity index is 1.41. The molecule has 1 aliphatic carbocycles. The Hall–Kier alpha value is -2.28. The number of amides is 1. The van der Waals surface area contributed by atoms with Crippen molar-refractivity contribution in [1.82, 2.24) is 15.1 Å². The van der Waals surface area contributed by atoms with E-state index in [9.17, 15) is 9.18 Å². The molecule has 0 N–H and O–H groups in total. The number of morpholine rings is 1. The molecule has 1 aromatic heterocycles. The quantitative estimate of drug-likeness (QED) is 0.863. The van der Waals surface area contributed by atoms with Crippen molar-refractivity contribution in [3.63, 3.8) is 0 Å². The summed E-state index contributed by atoms with van der Waals surface area (Å²) in [6.07, 6.45) is 0.443. The number of ether oxygens (including phenoxy) is 1. The molecule has 3 atom stereocenters. The standard InChI is InChI=1S/C17H18FN3O3/c1-10-19-20-16(24-10)15-9-21(6-7-23-15)17(22)14-8-13(14)11-2-4-12(18)5-3-11/h2-5,13-15H,6-9H2,1H3/t13-,14-,15+/m1/s1. The largest absolute Gasteiger partial charge is 0.423 e. The maximum absolute atomic E-state index is 13.0. The van der Waals surface area contributed by atoms with E-state index >= 15 is 0 Å². The van der Waals surface area contributed by atoms with Gasteiger partial charge in [-0.1, -0.05) is 12.1 Å². The smallest absolute Gasteiger partial charge is 0.246 e. The summed E-state index contributed by atoms with van der Waals surface area (Å²) in [6, 6.07) is 6.41. The van der Waals surface area contributed by atoms with Crippen molar-refractivity contribution < 1.29 is 18.3 Å². The van der Waals surface area contributed by atoms with Gasteiger partial charge in [0.05, 0.1) is 13.2 Å². The topological polar surface area (TPSA) is 68.5 Å². The average molecular weight is 331 g/mol. The third-order valence-electron chi connectivity index (χ3n) is 4.60. The van der Waals surface area contributed by atoms with Gasteiger partial charge in [-0.15, -0.1) is 10.2 Å². The number of rotatable bonds is 3. The van der Waals surface area contributed by atoms with Gasteiger partial charge in [0.1, 0.15) is 5.82 Å². The van der Waals surface area contributed by atoms with Gasteiger partial charge in [0.2, 0.25) is 17.7 Å². The number of carbonyl (C=O) groups excluding carboxylic acids is 1. The van der Waals surface area contributed by atoms with Crippen molar-refractivity contribution >= 4 is 5.91 Å². The van der Waals surface area contributed by atoms with Crippen LogP contribution in [0.3, 0.4) is 0 Å². The van der Waals surface area contributed by atoms with Crippen LogP contribution in [-0.4, -0.2) is 40.7 Å². The monoisotopic (exact) mass is 331 g/mol. The summed E-state index contributed by atoms with van der Waals surface area (Å²) in [6.45, 7) is 3.16. The second-order valence-electron chi connectivity index (χ2n) is 6.30. The SMILES string of the molecule is Cc1nnc([C@@H]2CN(C(=O)[C@@H]3C[C@@H]3c3ccc(F)cc3)CCO2)o1. The highest BCUT2D eigenvalue weighted by Gasteiger charge is 2.46. The Morgan fingerprint density at radius 3 is 2.79 bits per heavy atom. The number of carbonyl (C=O) groups is 1. The molecule has 1 amide bonds. The van der Waals surface area contributed by atoms with E-state index in [-0.39, 0.29) is 29.7 Å². The van der Waals surface area contributed by atoms with Gasteiger partial charge in [-0.3, -0.25) is 4.79 Å². The molecule has 1 saturated heterocycles.